The number of ether oxygens (including phenoxy) is 1. The minimum atomic E-state index is -0.0156. The van der Waals surface area contributed by atoms with Crippen molar-refractivity contribution in [3.8, 4) is 5.75 Å². The molecule has 4 nitrogen and oxygen atoms in total. The molecule has 0 saturated carbocycles. The highest BCUT2D eigenvalue weighted by atomic mass is 35.5. The van der Waals surface area contributed by atoms with Crippen LogP contribution >= 0.6 is 12.4 Å². The fraction of sp³-hybridized carbons (Fsp3) is 0.316. The molecule has 0 bridgehead atoms. The standard InChI is InChI=1S/C19H24N2O2.ClH/c1-3-20-14-16-7-5-6-8-18(16)21-19(22)13-15-9-11-17(12-10-15)23-4-2;/h5-12,20H,3-4,13-14H2,1-2H3,(H,21,22);1H. The van der Waals surface area contributed by atoms with Crippen LogP contribution in [0.4, 0.5) is 5.69 Å². The van der Waals surface area contributed by atoms with Crippen molar-refractivity contribution in [3.05, 3.63) is 59.7 Å². The van der Waals surface area contributed by atoms with E-state index >= 15 is 0 Å². The summed E-state index contributed by atoms with van der Waals surface area (Å²) < 4.78 is 5.41. The Bertz CT molecular complexity index is 630. The Hall–Kier alpha value is -2.04. The smallest absolute Gasteiger partial charge is 0.228 e. The van der Waals surface area contributed by atoms with E-state index in [2.05, 4.69) is 17.6 Å². The lowest BCUT2D eigenvalue weighted by atomic mass is 10.1. The average molecular weight is 349 g/mol. The molecule has 24 heavy (non-hydrogen) atoms. The molecule has 5 heteroatoms. The monoisotopic (exact) mass is 348 g/mol. The fourth-order valence-electron chi connectivity index (χ4n) is 2.31. The van der Waals surface area contributed by atoms with Gasteiger partial charge in [-0.15, -0.1) is 12.4 Å². The number of nitrogens with one attached hydrogen (secondary N) is 2. The van der Waals surface area contributed by atoms with Gasteiger partial charge in [0, 0.05) is 12.2 Å². The first-order valence-electron chi connectivity index (χ1n) is 8.03. The number of anilines is 1. The van der Waals surface area contributed by atoms with Crippen molar-refractivity contribution in [2.75, 3.05) is 18.5 Å². The van der Waals surface area contributed by atoms with Crippen molar-refractivity contribution in [2.45, 2.75) is 26.8 Å². The second-order valence-corrected chi connectivity index (χ2v) is 5.24. The first-order valence-corrected chi connectivity index (χ1v) is 8.03. The van der Waals surface area contributed by atoms with Gasteiger partial charge in [-0.2, -0.15) is 0 Å². The van der Waals surface area contributed by atoms with E-state index in [0.717, 1.165) is 35.7 Å². The third-order valence-corrected chi connectivity index (χ3v) is 3.46. The second kappa shape index (κ2) is 10.7. The summed E-state index contributed by atoms with van der Waals surface area (Å²) >= 11 is 0. The summed E-state index contributed by atoms with van der Waals surface area (Å²) in [5.41, 5.74) is 2.92. The average Bonchev–Trinajstić information content (AvgIpc) is 2.56. The Morgan fingerprint density at radius 1 is 1.04 bits per heavy atom. The van der Waals surface area contributed by atoms with Crippen molar-refractivity contribution in [1.82, 2.24) is 5.32 Å². The number of carbonyl (C=O) groups is 1. The van der Waals surface area contributed by atoms with Crippen LogP contribution in [0.2, 0.25) is 0 Å². The lowest BCUT2D eigenvalue weighted by Gasteiger charge is -2.11. The van der Waals surface area contributed by atoms with Gasteiger partial charge in [-0.3, -0.25) is 4.79 Å². The summed E-state index contributed by atoms with van der Waals surface area (Å²) in [5, 5.41) is 6.28. The third-order valence-electron chi connectivity index (χ3n) is 3.46. The number of halogens is 1. The molecule has 2 N–H and O–H groups in total. The molecule has 0 fully saturated rings. The first-order chi connectivity index (χ1) is 11.2. The molecule has 130 valence electrons. The molecule has 2 rings (SSSR count). The third kappa shape index (κ3) is 6.22. The molecule has 0 aromatic heterocycles. The molecular formula is C19H25ClN2O2. The second-order valence-electron chi connectivity index (χ2n) is 5.24. The minimum Gasteiger partial charge on any atom is -0.494 e. The van der Waals surface area contributed by atoms with E-state index in [-0.39, 0.29) is 18.3 Å². The van der Waals surface area contributed by atoms with Gasteiger partial charge in [0.25, 0.3) is 0 Å². The van der Waals surface area contributed by atoms with E-state index in [9.17, 15) is 4.79 Å². The molecule has 0 aliphatic carbocycles. The van der Waals surface area contributed by atoms with Crippen LogP contribution in [-0.4, -0.2) is 19.1 Å². The Morgan fingerprint density at radius 3 is 2.42 bits per heavy atom. The Balaban J connectivity index is 0.00000288. The van der Waals surface area contributed by atoms with Crippen LogP contribution in [0.1, 0.15) is 25.0 Å². The van der Waals surface area contributed by atoms with Gasteiger partial charge in [0.15, 0.2) is 0 Å². The molecular weight excluding hydrogens is 324 g/mol. The number of para-hydroxylation sites is 1. The molecule has 0 spiro atoms. The molecule has 0 radical (unpaired) electrons. The van der Waals surface area contributed by atoms with Crippen LogP contribution in [0.5, 0.6) is 5.75 Å². The Labute approximate surface area is 150 Å². The zero-order valence-corrected chi connectivity index (χ0v) is 15.0. The summed E-state index contributed by atoms with van der Waals surface area (Å²) in [6.07, 6.45) is 0.349. The van der Waals surface area contributed by atoms with Gasteiger partial charge in [-0.05, 0) is 42.8 Å². The van der Waals surface area contributed by atoms with Gasteiger partial charge >= 0.3 is 0 Å². The molecule has 0 aliphatic heterocycles. The number of hydrogen-bond donors (Lipinski definition) is 2. The van der Waals surface area contributed by atoms with Crippen LogP contribution in [0.15, 0.2) is 48.5 Å². The van der Waals surface area contributed by atoms with E-state index < -0.39 is 0 Å². The van der Waals surface area contributed by atoms with Gasteiger partial charge in [-0.1, -0.05) is 37.3 Å². The molecule has 0 aliphatic rings. The summed E-state index contributed by atoms with van der Waals surface area (Å²) in [6.45, 7) is 6.30. The molecule has 0 unspecified atom stereocenters. The van der Waals surface area contributed by atoms with Crippen LogP contribution in [0, 0.1) is 0 Å². The van der Waals surface area contributed by atoms with Gasteiger partial charge in [-0.25, -0.2) is 0 Å². The maximum atomic E-state index is 12.3. The quantitative estimate of drug-likeness (QED) is 0.763. The van der Waals surface area contributed by atoms with Crippen molar-refractivity contribution >= 4 is 24.0 Å². The maximum Gasteiger partial charge on any atom is 0.228 e. The van der Waals surface area contributed by atoms with Crippen LogP contribution < -0.4 is 15.4 Å². The summed E-state index contributed by atoms with van der Waals surface area (Å²) in [7, 11) is 0. The fourth-order valence-corrected chi connectivity index (χ4v) is 2.31. The first kappa shape index (κ1) is 20.0. The SMILES string of the molecule is CCNCc1ccccc1NC(=O)Cc1ccc(OCC)cc1.Cl. The molecule has 0 saturated heterocycles. The largest absolute Gasteiger partial charge is 0.494 e. The number of amides is 1. The van der Waals surface area contributed by atoms with Crippen molar-refractivity contribution in [1.29, 1.82) is 0 Å². The predicted octanol–water partition coefficient (Wildman–Crippen LogP) is 3.80. The molecule has 0 atom stereocenters. The topological polar surface area (TPSA) is 50.4 Å². The predicted molar refractivity (Wildman–Crippen MR) is 101 cm³/mol. The lowest BCUT2D eigenvalue weighted by molar-refractivity contribution is -0.115. The molecule has 1 amide bonds. The summed E-state index contributed by atoms with van der Waals surface area (Å²) in [4.78, 5) is 12.3. The normalized spacial score (nSPS) is 9.92. The number of rotatable bonds is 8. The minimum absolute atomic E-state index is 0. The van der Waals surface area contributed by atoms with Crippen molar-refractivity contribution in [3.63, 3.8) is 0 Å². The maximum absolute atomic E-state index is 12.3. The highest BCUT2D eigenvalue weighted by Crippen LogP contribution is 2.16. The van der Waals surface area contributed by atoms with E-state index in [4.69, 9.17) is 4.74 Å². The van der Waals surface area contributed by atoms with E-state index in [1.54, 1.807) is 0 Å². The van der Waals surface area contributed by atoms with Crippen LogP contribution in [-0.2, 0) is 17.8 Å². The van der Waals surface area contributed by atoms with E-state index in [1.807, 2.05) is 55.5 Å². The Morgan fingerprint density at radius 2 is 1.75 bits per heavy atom. The highest BCUT2D eigenvalue weighted by molar-refractivity contribution is 5.93. The molecule has 2 aromatic carbocycles. The van der Waals surface area contributed by atoms with Crippen LogP contribution in [0.25, 0.3) is 0 Å². The van der Waals surface area contributed by atoms with Gasteiger partial charge < -0.3 is 15.4 Å². The summed E-state index contributed by atoms with van der Waals surface area (Å²) in [6, 6.07) is 15.5. The lowest BCUT2D eigenvalue weighted by Crippen LogP contribution is -2.18. The Kier molecular flexibility index (Phi) is 8.90. The highest BCUT2D eigenvalue weighted by Gasteiger charge is 2.07. The summed E-state index contributed by atoms with van der Waals surface area (Å²) in [5.74, 6) is 0.811. The number of hydrogen-bond acceptors (Lipinski definition) is 3. The van der Waals surface area contributed by atoms with Crippen molar-refractivity contribution in [2.24, 2.45) is 0 Å². The van der Waals surface area contributed by atoms with Crippen molar-refractivity contribution < 1.29 is 9.53 Å². The van der Waals surface area contributed by atoms with Gasteiger partial charge in [0.05, 0.1) is 13.0 Å². The van der Waals surface area contributed by atoms with Gasteiger partial charge in [0.1, 0.15) is 5.75 Å². The molecule has 2 aromatic rings. The van der Waals surface area contributed by atoms with Gasteiger partial charge in [0.2, 0.25) is 5.91 Å². The zero-order valence-electron chi connectivity index (χ0n) is 14.2. The zero-order chi connectivity index (χ0) is 16.5. The van der Waals surface area contributed by atoms with Crippen LogP contribution in [0.3, 0.4) is 0 Å². The van der Waals surface area contributed by atoms with E-state index in [0.29, 0.717) is 13.0 Å². The number of carbonyl (C=O) groups excluding carboxylic acids is 1. The molecule has 0 heterocycles. The number of benzene rings is 2. The van der Waals surface area contributed by atoms with E-state index in [1.165, 1.54) is 0 Å².